The van der Waals surface area contributed by atoms with E-state index in [1.54, 1.807) is 12.3 Å². The summed E-state index contributed by atoms with van der Waals surface area (Å²) in [6.07, 6.45) is 2.64. The van der Waals surface area contributed by atoms with Crippen molar-refractivity contribution in [2.45, 2.75) is 25.3 Å². The molecule has 0 saturated carbocycles. The third-order valence-electron chi connectivity index (χ3n) is 3.02. The zero-order valence-electron chi connectivity index (χ0n) is 11.8. The summed E-state index contributed by atoms with van der Waals surface area (Å²) in [6.45, 7) is 4.93. The van der Waals surface area contributed by atoms with Gasteiger partial charge in [0.25, 0.3) is 0 Å². The Morgan fingerprint density at radius 1 is 1.55 bits per heavy atom. The Morgan fingerprint density at radius 2 is 2.35 bits per heavy atom. The number of hydrogen-bond donors (Lipinski definition) is 1. The lowest BCUT2D eigenvalue weighted by atomic mass is 10.1. The van der Waals surface area contributed by atoms with Gasteiger partial charge < -0.3 is 5.32 Å². The van der Waals surface area contributed by atoms with Gasteiger partial charge in [-0.15, -0.1) is 0 Å². The molecule has 0 radical (unpaired) electrons. The number of hydrogen-bond acceptors (Lipinski definition) is 4. The molecule has 0 bridgehead atoms. The maximum absolute atomic E-state index is 12.0. The molecule has 2 amide bonds. The number of rotatable bonds is 5. The van der Waals surface area contributed by atoms with Gasteiger partial charge in [-0.3, -0.25) is 14.5 Å². The van der Waals surface area contributed by atoms with Crippen molar-refractivity contribution >= 4 is 29.3 Å². The maximum Gasteiger partial charge on any atom is 0.240 e. The van der Waals surface area contributed by atoms with E-state index < -0.39 is 0 Å². The summed E-state index contributed by atoms with van der Waals surface area (Å²) in [4.78, 5) is 29.6. The fraction of sp³-hybridized carbons (Fsp3) is 0.500. The molecule has 0 saturated heterocycles. The van der Waals surface area contributed by atoms with Crippen LogP contribution in [0.3, 0.4) is 0 Å². The van der Waals surface area contributed by atoms with Crippen molar-refractivity contribution in [1.82, 2.24) is 10.3 Å². The second-order valence-corrected chi connectivity index (χ2v) is 6.09. The molecule has 0 aromatic carbocycles. The van der Waals surface area contributed by atoms with Crippen LogP contribution in [0.25, 0.3) is 0 Å². The number of fused-ring (bicyclic) bond motifs is 1. The molecule has 0 atom stereocenters. The molecule has 20 heavy (non-hydrogen) atoms. The van der Waals surface area contributed by atoms with Crippen LogP contribution in [0.5, 0.6) is 0 Å². The molecule has 1 aromatic heterocycles. The topological polar surface area (TPSA) is 62.3 Å². The highest BCUT2D eigenvalue weighted by molar-refractivity contribution is 8.00. The van der Waals surface area contributed by atoms with E-state index in [4.69, 9.17) is 0 Å². The minimum atomic E-state index is -0.124. The molecular formula is C14H19N3O2S. The first-order valence-corrected chi connectivity index (χ1v) is 7.71. The Morgan fingerprint density at radius 3 is 3.10 bits per heavy atom. The van der Waals surface area contributed by atoms with Crippen LogP contribution in [0, 0.1) is 5.92 Å². The van der Waals surface area contributed by atoms with Crippen LogP contribution in [-0.2, 0) is 9.59 Å². The first-order chi connectivity index (χ1) is 9.58. The Balaban J connectivity index is 1.98. The molecule has 1 aromatic rings. The molecule has 6 heteroatoms. The Labute approximate surface area is 123 Å². The Kier molecular flexibility index (Phi) is 5.00. The lowest BCUT2D eigenvalue weighted by molar-refractivity contribution is -0.123. The second kappa shape index (κ2) is 6.74. The summed E-state index contributed by atoms with van der Waals surface area (Å²) < 4.78 is 0. The van der Waals surface area contributed by atoms with Gasteiger partial charge in [-0.05, 0) is 24.5 Å². The van der Waals surface area contributed by atoms with Crippen molar-refractivity contribution in [2.75, 3.05) is 23.7 Å². The average Bonchev–Trinajstić information content (AvgIpc) is 2.41. The number of nitrogens with zero attached hydrogens (tertiary/aromatic N) is 2. The fourth-order valence-corrected chi connectivity index (χ4v) is 2.79. The summed E-state index contributed by atoms with van der Waals surface area (Å²) in [6, 6.07) is 3.61. The van der Waals surface area contributed by atoms with Crippen LogP contribution in [0.1, 0.15) is 20.3 Å². The van der Waals surface area contributed by atoms with E-state index in [1.807, 2.05) is 6.07 Å². The first-order valence-electron chi connectivity index (χ1n) is 6.73. The molecular weight excluding hydrogens is 274 g/mol. The van der Waals surface area contributed by atoms with E-state index in [0.717, 1.165) is 17.1 Å². The predicted octanol–water partition coefficient (Wildman–Crippen LogP) is 1.68. The van der Waals surface area contributed by atoms with Crippen LogP contribution in [-0.4, -0.2) is 35.6 Å². The Bertz CT molecular complexity index is 505. The first kappa shape index (κ1) is 14.8. The van der Waals surface area contributed by atoms with Crippen LogP contribution in [0.4, 0.5) is 5.69 Å². The van der Waals surface area contributed by atoms with Crippen LogP contribution in [0.15, 0.2) is 23.4 Å². The number of pyridine rings is 1. The molecule has 0 fully saturated rings. The van der Waals surface area contributed by atoms with Crippen LogP contribution in [0.2, 0.25) is 0 Å². The summed E-state index contributed by atoms with van der Waals surface area (Å²) in [5, 5.41) is 3.66. The maximum atomic E-state index is 12.0. The fourth-order valence-electron chi connectivity index (χ4n) is 1.91. The van der Waals surface area contributed by atoms with Gasteiger partial charge in [-0.25, -0.2) is 4.98 Å². The summed E-state index contributed by atoms with van der Waals surface area (Å²) in [5.74, 6) is 0.715. The third-order valence-corrected chi connectivity index (χ3v) is 4.00. The largest absolute Gasteiger partial charge is 0.355 e. The number of amides is 2. The van der Waals surface area contributed by atoms with Crippen molar-refractivity contribution in [1.29, 1.82) is 0 Å². The number of carbonyl (C=O) groups is 2. The highest BCUT2D eigenvalue weighted by atomic mass is 32.2. The molecule has 1 aliphatic rings. The lowest BCUT2D eigenvalue weighted by Crippen LogP contribution is -2.43. The molecule has 0 spiro atoms. The highest BCUT2D eigenvalue weighted by Gasteiger charge is 2.26. The van der Waals surface area contributed by atoms with Crippen LogP contribution >= 0.6 is 11.8 Å². The minimum Gasteiger partial charge on any atom is -0.355 e. The number of carbonyl (C=O) groups excluding carboxylic acids is 2. The zero-order chi connectivity index (χ0) is 14.5. The molecule has 1 aliphatic heterocycles. The number of thioether (sulfide) groups is 1. The lowest BCUT2D eigenvalue weighted by Gasteiger charge is -2.27. The number of anilines is 1. The van der Waals surface area contributed by atoms with E-state index in [2.05, 4.69) is 24.1 Å². The van der Waals surface area contributed by atoms with Gasteiger partial charge in [0.05, 0.1) is 11.4 Å². The molecule has 0 aliphatic carbocycles. The molecule has 0 unspecified atom stereocenters. The normalized spacial score (nSPS) is 14.3. The van der Waals surface area contributed by atoms with Gasteiger partial charge in [0.15, 0.2) is 0 Å². The quantitative estimate of drug-likeness (QED) is 0.897. The number of aromatic nitrogens is 1. The van der Waals surface area contributed by atoms with E-state index in [1.165, 1.54) is 16.7 Å². The van der Waals surface area contributed by atoms with Gasteiger partial charge in [0.1, 0.15) is 11.6 Å². The molecule has 1 N–H and O–H groups in total. The molecule has 108 valence electrons. The van der Waals surface area contributed by atoms with Crippen molar-refractivity contribution in [3.63, 3.8) is 0 Å². The van der Waals surface area contributed by atoms with Crippen molar-refractivity contribution in [3.8, 4) is 0 Å². The SMILES string of the molecule is CC(C)CCNC(=O)CN1C(=O)CSc2ncccc21. The summed E-state index contributed by atoms with van der Waals surface area (Å²) >= 11 is 1.42. The minimum absolute atomic E-state index is 0.0468. The van der Waals surface area contributed by atoms with Gasteiger partial charge in [0.2, 0.25) is 11.8 Å². The zero-order valence-corrected chi connectivity index (χ0v) is 12.6. The monoisotopic (exact) mass is 293 g/mol. The van der Waals surface area contributed by atoms with Crippen molar-refractivity contribution in [3.05, 3.63) is 18.3 Å². The second-order valence-electron chi connectivity index (χ2n) is 5.13. The van der Waals surface area contributed by atoms with Crippen molar-refractivity contribution in [2.24, 2.45) is 5.92 Å². The molecule has 2 rings (SSSR count). The predicted molar refractivity (Wildman–Crippen MR) is 79.8 cm³/mol. The van der Waals surface area contributed by atoms with E-state index >= 15 is 0 Å². The highest BCUT2D eigenvalue weighted by Crippen LogP contribution is 2.32. The Hall–Kier alpha value is -1.56. The summed E-state index contributed by atoms with van der Waals surface area (Å²) in [7, 11) is 0. The van der Waals surface area contributed by atoms with Crippen molar-refractivity contribution < 1.29 is 9.59 Å². The standard InChI is InChI=1S/C14H19N3O2S/c1-10(2)5-7-15-12(18)8-17-11-4-3-6-16-14(11)20-9-13(17)19/h3-4,6,10H,5,7-9H2,1-2H3,(H,15,18). The number of nitrogens with one attached hydrogen (secondary N) is 1. The van der Waals surface area contributed by atoms with Gasteiger partial charge in [-0.1, -0.05) is 25.6 Å². The molecule has 2 heterocycles. The average molecular weight is 293 g/mol. The summed E-state index contributed by atoms with van der Waals surface area (Å²) in [5.41, 5.74) is 0.729. The van der Waals surface area contributed by atoms with Gasteiger partial charge >= 0.3 is 0 Å². The molecule has 5 nitrogen and oxygen atoms in total. The van der Waals surface area contributed by atoms with Gasteiger partial charge in [-0.2, -0.15) is 0 Å². The smallest absolute Gasteiger partial charge is 0.240 e. The van der Waals surface area contributed by atoms with E-state index in [-0.39, 0.29) is 18.4 Å². The van der Waals surface area contributed by atoms with Gasteiger partial charge in [0, 0.05) is 12.7 Å². The van der Waals surface area contributed by atoms with Crippen LogP contribution < -0.4 is 10.2 Å². The van der Waals surface area contributed by atoms with E-state index in [0.29, 0.717) is 18.2 Å². The van der Waals surface area contributed by atoms with E-state index in [9.17, 15) is 9.59 Å². The third kappa shape index (κ3) is 3.72.